The van der Waals surface area contributed by atoms with Gasteiger partial charge in [0.25, 0.3) is 0 Å². The Labute approximate surface area is 158 Å². The molecule has 0 N–H and O–H groups in total. The first kappa shape index (κ1) is 18.5. The molecule has 5 nitrogen and oxygen atoms in total. The molecule has 0 atom stereocenters. The fourth-order valence-electron chi connectivity index (χ4n) is 2.92. The van der Waals surface area contributed by atoms with Gasteiger partial charge in [-0.05, 0) is 43.0 Å². The van der Waals surface area contributed by atoms with Gasteiger partial charge in [0.15, 0.2) is 0 Å². The van der Waals surface area contributed by atoms with E-state index in [0.717, 1.165) is 29.0 Å². The molecule has 26 heavy (non-hydrogen) atoms. The Bertz CT molecular complexity index is 840. The van der Waals surface area contributed by atoms with Gasteiger partial charge in [-0.15, -0.1) is 0 Å². The maximum Gasteiger partial charge on any atom is 0.333 e. The molecule has 1 aliphatic carbocycles. The zero-order valence-electron chi connectivity index (χ0n) is 15.3. The van der Waals surface area contributed by atoms with Crippen LogP contribution in [0.1, 0.15) is 37.1 Å². The summed E-state index contributed by atoms with van der Waals surface area (Å²) in [6.07, 6.45) is 5.19. The number of methoxy groups -OCH3 is 1. The van der Waals surface area contributed by atoms with E-state index in [2.05, 4.69) is 18.9 Å². The van der Waals surface area contributed by atoms with Crippen molar-refractivity contribution in [2.75, 3.05) is 13.7 Å². The average molecular weight is 375 g/mol. The zero-order chi connectivity index (χ0) is 18.7. The smallest absolute Gasteiger partial charge is 0.333 e. The number of aromatic nitrogens is 2. The topological polar surface area (TPSA) is 53.4 Å². The van der Waals surface area contributed by atoms with E-state index in [4.69, 9.17) is 21.1 Å². The van der Waals surface area contributed by atoms with Crippen molar-refractivity contribution in [3.05, 3.63) is 51.8 Å². The molecule has 0 radical (unpaired) electrons. The van der Waals surface area contributed by atoms with Crippen molar-refractivity contribution in [1.82, 2.24) is 9.78 Å². The summed E-state index contributed by atoms with van der Waals surface area (Å²) in [4.78, 5) is 11.7. The third-order valence-corrected chi connectivity index (χ3v) is 4.44. The number of aryl methyl sites for hydroxylation is 1. The van der Waals surface area contributed by atoms with Crippen LogP contribution in [0.4, 0.5) is 0 Å². The molecule has 0 saturated heterocycles. The molecule has 0 fully saturated rings. The maximum atomic E-state index is 11.7. The molecule has 1 aliphatic rings. The van der Waals surface area contributed by atoms with E-state index in [1.165, 1.54) is 7.11 Å². The van der Waals surface area contributed by atoms with Gasteiger partial charge in [0, 0.05) is 27.9 Å². The summed E-state index contributed by atoms with van der Waals surface area (Å²) < 4.78 is 12.6. The second-order valence-electron chi connectivity index (χ2n) is 6.85. The number of hydrogen-bond donors (Lipinski definition) is 0. The number of fused-ring (bicyclic) bond motifs is 1. The highest BCUT2D eigenvalue weighted by Gasteiger charge is 2.19. The predicted molar refractivity (Wildman–Crippen MR) is 101 cm³/mol. The van der Waals surface area contributed by atoms with Gasteiger partial charge in [0.1, 0.15) is 5.75 Å². The van der Waals surface area contributed by atoms with E-state index in [-0.39, 0.29) is 5.97 Å². The number of benzene rings is 1. The Morgan fingerprint density at radius 1 is 1.35 bits per heavy atom. The highest BCUT2D eigenvalue weighted by molar-refractivity contribution is 6.30. The van der Waals surface area contributed by atoms with E-state index >= 15 is 0 Å². The fourth-order valence-corrected chi connectivity index (χ4v) is 3.12. The average Bonchev–Trinajstić information content (AvgIpc) is 3.01. The molecule has 0 saturated carbocycles. The highest BCUT2D eigenvalue weighted by Crippen LogP contribution is 2.27. The van der Waals surface area contributed by atoms with Gasteiger partial charge in [0.05, 0.1) is 26.0 Å². The lowest BCUT2D eigenvalue weighted by Gasteiger charge is -2.13. The first-order chi connectivity index (χ1) is 12.5. The number of esters is 1. The molecular weight excluding hydrogens is 352 g/mol. The van der Waals surface area contributed by atoms with Crippen LogP contribution in [0.5, 0.6) is 5.75 Å². The summed E-state index contributed by atoms with van der Waals surface area (Å²) in [6, 6.07) is 5.65. The first-order valence-corrected chi connectivity index (χ1v) is 9.10. The van der Waals surface area contributed by atoms with Crippen molar-refractivity contribution in [3.8, 4) is 5.75 Å². The first-order valence-electron chi connectivity index (χ1n) is 8.72. The Hall–Kier alpha value is -2.27. The van der Waals surface area contributed by atoms with Crippen molar-refractivity contribution in [2.45, 2.75) is 33.2 Å². The third-order valence-electron chi connectivity index (χ3n) is 4.21. The van der Waals surface area contributed by atoms with E-state index < -0.39 is 0 Å². The largest absolute Gasteiger partial charge is 0.493 e. The van der Waals surface area contributed by atoms with Crippen LogP contribution in [0.15, 0.2) is 30.0 Å². The van der Waals surface area contributed by atoms with Crippen LogP contribution in [-0.4, -0.2) is 29.5 Å². The lowest BCUT2D eigenvalue weighted by Crippen LogP contribution is -2.09. The molecule has 0 amide bonds. The molecule has 0 aliphatic heterocycles. The van der Waals surface area contributed by atoms with E-state index in [9.17, 15) is 4.79 Å². The number of ether oxygens (including phenoxy) is 2. The SMILES string of the molecule is COC(=O)C1=Cc2cn(Cc3cc(Cl)ccc3OCC(C)C)nc2CC1. The summed E-state index contributed by atoms with van der Waals surface area (Å²) in [5.74, 6) is 0.988. The fraction of sp³-hybridized carbons (Fsp3) is 0.400. The standard InChI is InChI=1S/C20H23ClN2O3/c1-13(2)12-26-19-7-5-17(21)9-16(19)11-23-10-15-8-14(20(24)25-3)4-6-18(15)22-23/h5,7-10,13H,4,6,11-12H2,1-3H3. The normalized spacial score (nSPS) is 13.3. The lowest BCUT2D eigenvalue weighted by molar-refractivity contribution is -0.136. The zero-order valence-corrected chi connectivity index (χ0v) is 16.0. The van der Waals surface area contributed by atoms with E-state index in [1.54, 1.807) is 0 Å². The molecule has 0 spiro atoms. The van der Waals surface area contributed by atoms with Gasteiger partial charge in [-0.1, -0.05) is 25.4 Å². The summed E-state index contributed by atoms with van der Waals surface area (Å²) >= 11 is 6.17. The minimum Gasteiger partial charge on any atom is -0.493 e. The summed E-state index contributed by atoms with van der Waals surface area (Å²) in [6.45, 7) is 5.43. The van der Waals surface area contributed by atoms with E-state index in [0.29, 0.717) is 36.1 Å². The van der Waals surface area contributed by atoms with Crippen molar-refractivity contribution in [1.29, 1.82) is 0 Å². The van der Waals surface area contributed by atoms with Gasteiger partial charge in [-0.2, -0.15) is 5.10 Å². The number of hydrogen-bond acceptors (Lipinski definition) is 4. The summed E-state index contributed by atoms with van der Waals surface area (Å²) in [5.41, 5.74) is 3.62. The van der Waals surface area contributed by atoms with Crippen LogP contribution < -0.4 is 4.74 Å². The maximum absolute atomic E-state index is 11.7. The molecule has 1 aromatic heterocycles. The summed E-state index contributed by atoms with van der Waals surface area (Å²) in [7, 11) is 1.40. The molecule has 3 rings (SSSR count). The lowest BCUT2D eigenvalue weighted by atomic mass is 9.98. The van der Waals surface area contributed by atoms with Crippen LogP contribution in [0.2, 0.25) is 5.02 Å². The van der Waals surface area contributed by atoms with Gasteiger partial charge in [-0.3, -0.25) is 4.68 Å². The number of halogens is 1. The van der Waals surface area contributed by atoms with Gasteiger partial charge < -0.3 is 9.47 Å². The van der Waals surface area contributed by atoms with Crippen molar-refractivity contribution in [3.63, 3.8) is 0 Å². The van der Waals surface area contributed by atoms with Crippen LogP contribution in [-0.2, 0) is 22.5 Å². The molecule has 0 unspecified atom stereocenters. The Kier molecular flexibility index (Phi) is 5.67. The number of carbonyl (C=O) groups is 1. The van der Waals surface area contributed by atoms with E-state index in [1.807, 2.05) is 35.2 Å². The summed E-state index contributed by atoms with van der Waals surface area (Å²) in [5, 5.41) is 5.32. The van der Waals surface area contributed by atoms with Crippen molar-refractivity contribution < 1.29 is 14.3 Å². The van der Waals surface area contributed by atoms with Gasteiger partial charge in [-0.25, -0.2) is 4.79 Å². The number of carbonyl (C=O) groups excluding carboxylic acids is 1. The Balaban J connectivity index is 1.83. The van der Waals surface area contributed by atoms with Crippen LogP contribution in [0.25, 0.3) is 6.08 Å². The minimum atomic E-state index is -0.275. The molecular formula is C20H23ClN2O3. The Morgan fingerprint density at radius 2 is 2.15 bits per heavy atom. The second-order valence-corrected chi connectivity index (χ2v) is 7.28. The quantitative estimate of drug-likeness (QED) is 0.713. The van der Waals surface area contributed by atoms with Crippen LogP contribution in [0.3, 0.4) is 0 Å². The minimum absolute atomic E-state index is 0.275. The van der Waals surface area contributed by atoms with Crippen molar-refractivity contribution >= 4 is 23.6 Å². The number of nitrogens with zero attached hydrogens (tertiary/aromatic N) is 2. The van der Waals surface area contributed by atoms with Crippen molar-refractivity contribution in [2.24, 2.45) is 5.92 Å². The molecule has 1 aromatic carbocycles. The molecule has 138 valence electrons. The second kappa shape index (κ2) is 7.96. The molecule has 0 bridgehead atoms. The Morgan fingerprint density at radius 3 is 2.88 bits per heavy atom. The van der Waals surface area contributed by atoms with Gasteiger partial charge in [0.2, 0.25) is 0 Å². The highest BCUT2D eigenvalue weighted by atomic mass is 35.5. The van der Waals surface area contributed by atoms with Gasteiger partial charge >= 0.3 is 5.97 Å². The predicted octanol–water partition coefficient (Wildman–Crippen LogP) is 4.12. The van der Waals surface area contributed by atoms with Crippen LogP contribution in [0, 0.1) is 5.92 Å². The third kappa shape index (κ3) is 4.28. The number of rotatable bonds is 6. The van der Waals surface area contributed by atoms with Crippen LogP contribution >= 0.6 is 11.6 Å². The molecule has 6 heteroatoms. The monoisotopic (exact) mass is 374 g/mol. The molecule has 2 aromatic rings. The molecule has 1 heterocycles.